The molecule has 1 N–H and O–H groups in total. The molecule has 33 heavy (non-hydrogen) atoms. The molecule has 4 amide bonds. The van der Waals surface area contributed by atoms with E-state index < -0.39 is 17.8 Å². The van der Waals surface area contributed by atoms with Crippen LogP contribution in [-0.4, -0.2) is 22.4 Å². The Kier molecular flexibility index (Phi) is 5.77. The van der Waals surface area contributed by atoms with E-state index >= 15 is 0 Å². The number of barbiturate groups is 1. The Morgan fingerprint density at radius 1 is 0.909 bits per heavy atom. The van der Waals surface area contributed by atoms with E-state index in [0.29, 0.717) is 5.69 Å². The zero-order valence-corrected chi connectivity index (χ0v) is 19.5. The van der Waals surface area contributed by atoms with Crippen LogP contribution in [0.3, 0.4) is 0 Å². The molecule has 0 aliphatic carbocycles. The Labute approximate surface area is 193 Å². The fraction of sp³-hybridized carbons (Fsp3) is 0.222. The van der Waals surface area contributed by atoms with E-state index in [1.807, 2.05) is 45.0 Å². The van der Waals surface area contributed by atoms with Crippen molar-refractivity contribution >= 4 is 29.6 Å². The molecule has 1 aromatic heterocycles. The van der Waals surface area contributed by atoms with Gasteiger partial charge in [-0.1, -0.05) is 37.3 Å². The van der Waals surface area contributed by atoms with Crippen molar-refractivity contribution in [1.82, 2.24) is 9.88 Å². The molecule has 2 aromatic carbocycles. The highest BCUT2D eigenvalue weighted by atomic mass is 16.2. The monoisotopic (exact) mass is 441 g/mol. The first kappa shape index (κ1) is 22.3. The Hall–Kier alpha value is -3.93. The van der Waals surface area contributed by atoms with E-state index in [0.717, 1.165) is 50.6 Å². The highest BCUT2D eigenvalue weighted by molar-refractivity contribution is 6.39. The molecule has 0 radical (unpaired) electrons. The molecule has 1 saturated heterocycles. The van der Waals surface area contributed by atoms with Gasteiger partial charge in [0, 0.05) is 11.4 Å². The molecule has 1 fully saturated rings. The summed E-state index contributed by atoms with van der Waals surface area (Å²) in [6.07, 6.45) is 2.42. The zero-order valence-electron chi connectivity index (χ0n) is 19.5. The molecule has 1 aliphatic rings. The van der Waals surface area contributed by atoms with E-state index in [1.165, 1.54) is 0 Å². The molecule has 2 heterocycles. The molecule has 168 valence electrons. The normalized spacial score (nSPS) is 15.4. The van der Waals surface area contributed by atoms with Crippen molar-refractivity contribution in [3.63, 3.8) is 0 Å². The van der Waals surface area contributed by atoms with Crippen LogP contribution in [0.5, 0.6) is 0 Å². The lowest BCUT2D eigenvalue weighted by Gasteiger charge is -2.26. The molecule has 1 aliphatic heterocycles. The SMILES string of the molecule is CCc1ccc(N2C(=O)NC(=O)/C(=C/c3cc(C)n(-c4c(C)cccc4C)c3C)C2=O)cc1. The van der Waals surface area contributed by atoms with Crippen LogP contribution in [0.25, 0.3) is 11.8 Å². The molecule has 4 rings (SSSR count). The number of nitrogens with one attached hydrogen (secondary N) is 1. The minimum atomic E-state index is -0.743. The summed E-state index contributed by atoms with van der Waals surface area (Å²) in [5.41, 5.74) is 7.45. The number of carbonyl (C=O) groups is 3. The second kappa shape index (κ2) is 8.54. The molecular formula is C27H27N3O3. The quantitative estimate of drug-likeness (QED) is 0.460. The molecule has 6 nitrogen and oxygen atoms in total. The van der Waals surface area contributed by atoms with E-state index in [4.69, 9.17) is 0 Å². The summed E-state index contributed by atoms with van der Waals surface area (Å²) in [7, 11) is 0. The van der Waals surface area contributed by atoms with Crippen LogP contribution < -0.4 is 10.2 Å². The molecule has 0 spiro atoms. The van der Waals surface area contributed by atoms with Crippen molar-refractivity contribution in [1.29, 1.82) is 0 Å². The smallest absolute Gasteiger partial charge is 0.317 e. The van der Waals surface area contributed by atoms with Crippen LogP contribution in [0.15, 0.2) is 54.1 Å². The number of hydrogen-bond acceptors (Lipinski definition) is 3. The van der Waals surface area contributed by atoms with Crippen molar-refractivity contribution in [3.05, 3.63) is 87.7 Å². The van der Waals surface area contributed by atoms with Gasteiger partial charge in [-0.3, -0.25) is 14.9 Å². The van der Waals surface area contributed by atoms with Gasteiger partial charge in [-0.25, -0.2) is 9.69 Å². The van der Waals surface area contributed by atoms with Crippen LogP contribution in [-0.2, 0) is 16.0 Å². The van der Waals surface area contributed by atoms with Crippen LogP contribution in [0.4, 0.5) is 10.5 Å². The number of rotatable bonds is 4. The fourth-order valence-corrected chi connectivity index (χ4v) is 4.36. The number of aryl methyl sites for hydroxylation is 4. The molecule has 0 unspecified atom stereocenters. The van der Waals surface area contributed by atoms with Crippen molar-refractivity contribution in [2.75, 3.05) is 4.90 Å². The third-order valence-corrected chi connectivity index (χ3v) is 6.14. The lowest BCUT2D eigenvalue weighted by atomic mass is 10.1. The van der Waals surface area contributed by atoms with Crippen molar-refractivity contribution in [2.45, 2.75) is 41.0 Å². The average Bonchev–Trinajstić information content (AvgIpc) is 3.04. The number of aromatic nitrogens is 1. The number of nitrogens with zero attached hydrogens (tertiary/aromatic N) is 2. The van der Waals surface area contributed by atoms with Crippen molar-refractivity contribution in [3.8, 4) is 5.69 Å². The predicted octanol–water partition coefficient (Wildman–Crippen LogP) is 4.94. The first-order chi connectivity index (χ1) is 15.7. The van der Waals surface area contributed by atoms with Gasteiger partial charge in [0.2, 0.25) is 0 Å². The van der Waals surface area contributed by atoms with E-state index in [-0.39, 0.29) is 5.57 Å². The van der Waals surface area contributed by atoms with Gasteiger partial charge < -0.3 is 4.57 Å². The topological polar surface area (TPSA) is 71.4 Å². The Balaban J connectivity index is 1.77. The minimum absolute atomic E-state index is 0.0732. The Morgan fingerprint density at radius 3 is 2.15 bits per heavy atom. The van der Waals surface area contributed by atoms with E-state index in [9.17, 15) is 14.4 Å². The van der Waals surface area contributed by atoms with Gasteiger partial charge in [0.1, 0.15) is 5.57 Å². The van der Waals surface area contributed by atoms with Gasteiger partial charge in [-0.05, 0) is 80.6 Å². The third-order valence-electron chi connectivity index (χ3n) is 6.14. The summed E-state index contributed by atoms with van der Waals surface area (Å²) in [6.45, 7) is 10.1. The Bertz CT molecular complexity index is 1290. The maximum absolute atomic E-state index is 13.3. The fourth-order valence-electron chi connectivity index (χ4n) is 4.36. The molecule has 3 aromatic rings. The van der Waals surface area contributed by atoms with Crippen molar-refractivity contribution < 1.29 is 14.4 Å². The number of urea groups is 1. The number of carbonyl (C=O) groups excluding carboxylic acids is 3. The lowest BCUT2D eigenvalue weighted by molar-refractivity contribution is -0.122. The summed E-state index contributed by atoms with van der Waals surface area (Å²) < 4.78 is 2.13. The number of para-hydroxylation sites is 1. The first-order valence-corrected chi connectivity index (χ1v) is 11.0. The summed E-state index contributed by atoms with van der Waals surface area (Å²) in [5, 5.41) is 2.30. The van der Waals surface area contributed by atoms with E-state index in [1.54, 1.807) is 18.2 Å². The number of hydrogen-bond donors (Lipinski definition) is 1. The number of imide groups is 2. The summed E-state index contributed by atoms with van der Waals surface area (Å²) >= 11 is 0. The maximum atomic E-state index is 13.3. The molecule has 0 bridgehead atoms. The van der Waals surface area contributed by atoms with Crippen LogP contribution >= 0.6 is 0 Å². The molecular weight excluding hydrogens is 414 g/mol. The highest BCUT2D eigenvalue weighted by Gasteiger charge is 2.37. The molecule has 0 saturated carbocycles. The van der Waals surface area contributed by atoms with Gasteiger partial charge in [0.25, 0.3) is 11.8 Å². The molecule has 6 heteroatoms. The Morgan fingerprint density at radius 2 is 1.55 bits per heavy atom. The average molecular weight is 442 g/mol. The summed E-state index contributed by atoms with van der Waals surface area (Å²) in [6, 6.07) is 14.5. The highest BCUT2D eigenvalue weighted by Crippen LogP contribution is 2.28. The maximum Gasteiger partial charge on any atom is 0.335 e. The summed E-state index contributed by atoms with van der Waals surface area (Å²) in [4.78, 5) is 39.4. The van der Waals surface area contributed by atoms with Gasteiger partial charge in [0.05, 0.1) is 11.4 Å². The standard InChI is InChI=1S/C27H27N3O3/c1-6-20-10-12-22(13-11-20)30-26(32)23(25(31)28-27(30)33)15-21-14-18(4)29(19(21)5)24-16(2)8-7-9-17(24)3/h7-15H,6H2,1-5H3,(H,28,31,33)/b23-15-. The van der Waals surface area contributed by atoms with Gasteiger partial charge in [0.15, 0.2) is 0 Å². The second-order valence-corrected chi connectivity index (χ2v) is 8.38. The zero-order chi connectivity index (χ0) is 23.9. The minimum Gasteiger partial charge on any atom is -0.317 e. The van der Waals surface area contributed by atoms with Crippen molar-refractivity contribution in [2.24, 2.45) is 0 Å². The van der Waals surface area contributed by atoms with Crippen LogP contribution in [0.2, 0.25) is 0 Å². The van der Waals surface area contributed by atoms with Gasteiger partial charge in [-0.15, -0.1) is 0 Å². The van der Waals surface area contributed by atoms with Crippen LogP contribution in [0, 0.1) is 27.7 Å². The predicted molar refractivity (Wildman–Crippen MR) is 130 cm³/mol. The van der Waals surface area contributed by atoms with E-state index in [2.05, 4.69) is 35.9 Å². The van der Waals surface area contributed by atoms with Gasteiger partial charge >= 0.3 is 6.03 Å². The summed E-state index contributed by atoms with van der Waals surface area (Å²) in [5.74, 6) is -1.33. The largest absolute Gasteiger partial charge is 0.335 e. The van der Waals surface area contributed by atoms with Gasteiger partial charge in [-0.2, -0.15) is 0 Å². The number of amides is 4. The number of anilines is 1. The second-order valence-electron chi connectivity index (χ2n) is 8.38. The number of benzene rings is 2. The third kappa shape index (κ3) is 3.89. The lowest BCUT2D eigenvalue weighted by Crippen LogP contribution is -2.54. The van der Waals surface area contributed by atoms with Crippen LogP contribution in [0.1, 0.15) is 40.6 Å². The molecule has 0 atom stereocenters. The first-order valence-electron chi connectivity index (χ1n) is 11.0.